The average Bonchev–Trinajstić information content (AvgIpc) is 2.36. The summed E-state index contributed by atoms with van der Waals surface area (Å²) in [6.07, 6.45) is 0.359. The molecule has 6 heteroatoms. The Kier molecular flexibility index (Phi) is 5.01. The molecule has 0 aliphatic heterocycles. The van der Waals surface area contributed by atoms with Crippen LogP contribution in [0.4, 0.5) is 0 Å². The number of aryl methyl sites for hydroxylation is 1. The summed E-state index contributed by atoms with van der Waals surface area (Å²) in [7, 11) is 0. The number of amides is 1. The Bertz CT molecular complexity index is 534. The van der Waals surface area contributed by atoms with E-state index in [0.717, 1.165) is 0 Å². The maximum atomic E-state index is 11.8. The van der Waals surface area contributed by atoms with Crippen LogP contribution in [0.5, 0.6) is 0 Å². The fraction of sp³-hybridized carbons (Fsp3) is 0.385. The number of nitrogens with one attached hydrogen (secondary N) is 1. The first-order valence-electron chi connectivity index (χ1n) is 5.84. The van der Waals surface area contributed by atoms with Crippen LogP contribution < -0.4 is 5.32 Å². The van der Waals surface area contributed by atoms with Gasteiger partial charge in [-0.05, 0) is 32.4 Å². The van der Waals surface area contributed by atoms with Gasteiger partial charge in [0.15, 0.2) is 0 Å². The Morgan fingerprint density at radius 1 is 1.53 bits per heavy atom. The van der Waals surface area contributed by atoms with Crippen molar-refractivity contribution in [1.29, 1.82) is 5.26 Å². The molecule has 6 nitrogen and oxygen atoms in total. The van der Waals surface area contributed by atoms with Crippen LogP contribution in [0.25, 0.3) is 0 Å². The standard InChI is InChI=1S/C13H15N3O3/c1-8(3-6-12(17)18)15-13(19)11-5-4-10(7-14)9(2)16-11/h4-5,8H,3,6H2,1-2H3,(H,15,19)(H,17,18). The summed E-state index contributed by atoms with van der Waals surface area (Å²) in [5.74, 6) is -1.26. The normalized spacial score (nSPS) is 11.4. The van der Waals surface area contributed by atoms with E-state index < -0.39 is 5.97 Å². The van der Waals surface area contributed by atoms with E-state index in [9.17, 15) is 9.59 Å². The summed E-state index contributed by atoms with van der Waals surface area (Å²) in [6, 6.07) is 4.74. The molecular weight excluding hydrogens is 246 g/mol. The van der Waals surface area contributed by atoms with Gasteiger partial charge < -0.3 is 10.4 Å². The van der Waals surface area contributed by atoms with Crippen molar-refractivity contribution < 1.29 is 14.7 Å². The number of carboxylic acids is 1. The molecule has 0 saturated heterocycles. The van der Waals surface area contributed by atoms with Crippen molar-refractivity contribution in [1.82, 2.24) is 10.3 Å². The Morgan fingerprint density at radius 2 is 2.21 bits per heavy atom. The molecule has 1 heterocycles. The number of carboxylic acid groups (broad SMARTS) is 1. The first-order chi connectivity index (χ1) is 8.93. The molecule has 2 N–H and O–H groups in total. The largest absolute Gasteiger partial charge is 0.481 e. The third-order valence-electron chi connectivity index (χ3n) is 2.61. The molecule has 1 atom stereocenters. The zero-order valence-corrected chi connectivity index (χ0v) is 10.8. The smallest absolute Gasteiger partial charge is 0.303 e. The summed E-state index contributed by atoms with van der Waals surface area (Å²) in [5, 5.41) is 20.0. The number of pyridine rings is 1. The molecular formula is C13H15N3O3. The number of nitriles is 1. The lowest BCUT2D eigenvalue weighted by Crippen LogP contribution is -2.33. The second-order valence-corrected chi connectivity index (χ2v) is 4.25. The predicted molar refractivity (Wildman–Crippen MR) is 67.5 cm³/mol. The van der Waals surface area contributed by atoms with E-state index in [1.165, 1.54) is 6.07 Å². The van der Waals surface area contributed by atoms with Gasteiger partial charge in [-0.1, -0.05) is 0 Å². The van der Waals surface area contributed by atoms with E-state index in [1.54, 1.807) is 19.9 Å². The summed E-state index contributed by atoms with van der Waals surface area (Å²) >= 11 is 0. The Balaban J connectivity index is 2.66. The number of hydrogen-bond acceptors (Lipinski definition) is 4. The van der Waals surface area contributed by atoms with E-state index in [0.29, 0.717) is 17.7 Å². The first-order valence-corrected chi connectivity index (χ1v) is 5.84. The summed E-state index contributed by atoms with van der Waals surface area (Å²) in [5.41, 5.74) is 1.14. The second kappa shape index (κ2) is 6.50. The van der Waals surface area contributed by atoms with Crippen molar-refractivity contribution in [3.8, 4) is 6.07 Å². The van der Waals surface area contributed by atoms with Gasteiger partial charge in [0.1, 0.15) is 11.8 Å². The number of carbonyl (C=O) groups is 2. The predicted octanol–water partition coefficient (Wildman–Crippen LogP) is 1.24. The maximum Gasteiger partial charge on any atom is 0.303 e. The van der Waals surface area contributed by atoms with Crippen LogP contribution in [0.1, 0.15) is 41.5 Å². The minimum absolute atomic E-state index is 0.00126. The van der Waals surface area contributed by atoms with Crippen LogP contribution in [0.2, 0.25) is 0 Å². The number of hydrogen-bond donors (Lipinski definition) is 2. The highest BCUT2D eigenvalue weighted by atomic mass is 16.4. The molecule has 19 heavy (non-hydrogen) atoms. The minimum atomic E-state index is -0.895. The van der Waals surface area contributed by atoms with Crippen LogP contribution in [0.3, 0.4) is 0 Å². The van der Waals surface area contributed by atoms with E-state index in [4.69, 9.17) is 10.4 Å². The van der Waals surface area contributed by atoms with Crippen molar-refractivity contribution in [2.45, 2.75) is 32.7 Å². The SMILES string of the molecule is Cc1nc(C(=O)NC(C)CCC(=O)O)ccc1C#N. The molecule has 0 bridgehead atoms. The number of carbonyl (C=O) groups excluding carboxylic acids is 1. The molecule has 0 fully saturated rings. The van der Waals surface area contributed by atoms with E-state index in [-0.39, 0.29) is 24.1 Å². The van der Waals surface area contributed by atoms with Gasteiger partial charge >= 0.3 is 5.97 Å². The number of rotatable bonds is 5. The molecule has 100 valence electrons. The number of aliphatic carboxylic acids is 1. The van der Waals surface area contributed by atoms with Crippen LogP contribution >= 0.6 is 0 Å². The minimum Gasteiger partial charge on any atom is -0.481 e. The lowest BCUT2D eigenvalue weighted by Gasteiger charge is -2.12. The Morgan fingerprint density at radius 3 is 2.74 bits per heavy atom. The van der Waals surface area contributed by atoms with Gasteiger partial charge in [-0.25, -0.2) is 4.98 Å². The zero-order valence-electron chi connectivity index (χ0n) is 10.8. The zero-order chi connectivity index (χ0) is 14.4. The lowest BCUT2D eigenvalue weighted by molar-refractivity contribution is -0.137. The molecule has 1 unspecified atom stereocenters. The Hall–Kier alpha value is -2.42. The van der Waals surface area contributed by atoms with E-state index in [1.807, 2.05) is 6.07 Å². The molecule has 1 amide bonds. The van der Waals surface area contributed by atoms with Crippen LogP contribution in [0.15, 0.2) is 12.1 Å². The highest BCUT2D eigenvalue weighted by molar-refractivity contribution is 5.92. The molecule has 0 aromatic carbocycles. The highest BCUT2D eigenvalue weighted by Crippen LogP contribution is 2.06. The van der Waals surface area contributed by atoms with Crippen LogP contribution in [-0.4, -0.2) is 28.0 Å². The van der Waals surface area contributed by atoms with Gasteiger partial charge in [0.25, 0.3) is 5.91 Å². The third kappa shape index (κ3) is 4.39. The second-order valence-electron chi connectivity index (χ2n) is 4.25. The summed E-state index contributed by atoms with van der Waals surface area (Å²) in [4.78, 5) is 26.3. The van der Waals surface area contributed by atoms with Crippen molar-refractivity contribution in [2.24, 2.45) is 0 Å². The molecule has 0 aliphatic rings. The first kappa shape index (κ1) is 14.6. The van der Waals surface area contributed by atoms with Gasteiger partial charge in [-0.2, -0.15) is 5.26 Å². The maximum absolute atomic E-state index is 11.8. The van der Waals surface area contributed by atoms with Crippen molar-refractivity contribution in [3.63, 3.8) is 0 Å². The fourth-order valence-corrected chi connectivity index (χ4v) is 1.52. The van der Waals surface area contributed by atoms with Crippen molar-refractivity contribution in [2.75, 3.05) is 0 Å². The quantitative estimate of drug-likeness (QED) is 0.830. The topological polar surface area (TPSA) is 103 Å². The van der Waals surface area contributed by atoms with Crippen molar-refractivity contribution in [3.05, 3.63) is 29.1 Å². The molecule has 0 radical (unpaired) electrons. The lowest BCUT2D eigenvalue weighted by atomic mass is 10.1. The molecule has 1 aromatic heterocycles. The summed E-state index contributed by atoms with van der Waals surface area (Å²) < 4.78 is 0. The highest BCUT2D eigenvalue weighted by Gasteiger charge is 2.13. The van der Waals surface area contributed by atoms with Gasteiger partial charge in [-0.3, -0.25) is 9.59 Å². The molecule has 0 aliphatic carbocycles. The average molecular weight is 261 g/mol. The number of nitrogens with zero attached hydrogens (tertiary/aromatic N) is 2. The van der Waals surface area contributed by atoms with Crippen LogP contribution in [0, 0.1) is 18.3 Å². The van der Waals surface area contributed by atoms with Gasteiger partial charge in [0.2, 0.25) is 0 Å². The molecule has 1 rings (SSSR count). The van der Waals surface area contributed by atoms with Gasteiger partial charge in [0, 0.05) is 12.5 Å². The monoisotopic (exact) mass is 261 g/mol. The van der Waals surface area contributed by atoms with E-state index >= 15 is 0 Å². The Labute approximate surface area is 111 Å². The van der Waals surface area contributed by atoms with Gasteiger partial charge in [0.05, 0.1) is 11.3 Å². The fourth-order valence-electron chi connectivity index (χ4n) is 1.52. The van der Waals surface area contributed by atoms with Crippen molar-refractivity contribution >= 4 is 11.9 Å². The number of aromatic nitrogens is 1. The molecule has 0 saturated carbocycles. The van der Waals surface area contributed by atoms with Crippen LogP contribution in [-0.2, 0) is 4.79 Å². The third-order valence-corrected chi connectivity index (χ3v) is 2.61. The van der Waals surface area contributed by atoms with E-state index in [2.05, 4.69) is 10.3 Å². The summed E-state index contributed by atoms with van der Waals surface area (Å²) in [6.45, 7) is 3.39. The molecule has 1 aromatic rings. The molecule has 0 spiro atoms. The van der Waals surface area contributed by atoms with Gasteiger partial charge in [-0.15, -0.1) is 0 Å².